The molecule has 1 saturated carbocycles. The van der Waals surface area contributed by atoms with Crippen LogP contribution in [0, 0.1) is 5.92 Å². The Morgan fingerprint density at radius 2 is 1.74 bits per heavy atom. The van der Waals surface area contributed by atoms with Crippen molar-refractivity contribution in [1.82, 2.24) is 4.90 Å². The standard InChI is InChI=1S/C17H25NO/c1-13(14-8-10-16(19)11-9-14)18-12-4-6-15-5-2-3-7-17(15)18/h8-11,13,15,17,19H,2-7,12H2,1H3. The molecule has 1 aliphatic carbocycles. The van der Waals surface area contributed by atoms with E-state index >= 15 is 0 Å². The number of aromatic hydroxyl groups is 1. The van der Waals surface area contributed by atoms with E-state index in [1.165, 1.54) is 50.6 Å². The van der Waals surface area contributed by atoms with Crippen molar-refractivity contribution < 1.29 is 5.11 Å². The minimum atomic E-state index is 0.366. The largest absolute Gasteiger partial charge is 0.508 e. The van der Waals surface area contributed by atoms with Crippen LogP contribution in [0.1, 0.15) is 57.1 Å². The minimum absolute atomic E-state index is 0.366. The molecule has 0 bridgehead atoms. The van der Waals surface area contributed by atoms with Crippen LogP contribution in [0.4, 0.5) is 0 Å². The molecule has 2 aliphatic rings. The van der Waals surface area contributed by atoms with E-state index in [1.807, 2.05) is 12.1 Å². The van der Waals surface area contributed by atoms with Gasteiger partial charge in [0.2, 0.25) is 0 Å². The average Bonchev–Trinajstić information content (AvgIpc) is 2.47. The molecule has 2 nitrogen and oxygen atoms in total. The summed E-state index contributed by atoms with van der Waals surface area (Å²) < 4.78 is 0. The van der Waals surface area contributed by atoms with Gasteiger partial charge in [-0.05, 0) is 62.8 Å². The third-order valence-electron chi connectivity index (χ3n) is 5.16. The Morgan fingerprint density at radius 3 is 2.53 bits per heavy atom. The summed E-state index contributed by atoms with van der Waals surface area (Å²) >= 11 is 0. The number of phenols is 1. The van der Waals surface area contributed by atoms with Crippen LogP contribution in [0.5, 0.6) is 5.75 Å². The first-order valence-corrected chi connectivity index (χ1v) is 7.80. The summed E-state index contributed by atoms with van der Waals surface area (Å²) in [6.45, 7) is 3.56. The van der Waals surface area contributed by atoms with Crippen molar-refractivity contribution in [3.8, 4) is 5.75 Å². The van der Waals surface area contributed by atoms with E-state index in [2.05, 4.69) is 24.0 Å². The number of hydrogen-bond acceptors (Lipinski definition) is 2. The van der Waals surface area contributed by atoms with Crippen molar-refractivity contribution in [2.75, 3.05) is 6.54 Å². The SMILES string of the molecule is CC(c1ccc(O)cc1)N1CCCC2CCCCC21. The van der Waals surface area contributed by atoms with Gasteiger partial charge in [-0.25, -0.2) is 0 Å². The Balaban J connectivity index is 1.77. The highest BCUT2D eigenvalue weighted by molar-refractivity contribution is 5.28. The van der Waals surface area contributed by atoms with Crippen molar-refractivity contribution in [1.29, 1.82) is 0 Å². The van der Waals surface area contributed by atoms with Crippen LogP contribution >= 0.6 is 0 Å². The molecule has 1 saturated heterocycles. The summed E-state index contributed by atoms with van der Waals surface area (Å²) in [7, 11) is 0. The van der Waals surface area contributed by atoms with Crippen molar-refractivity contribution in [3.05, 3.63) is 29.8 Å². The first kappa shape index (κ1) is 13.0. The van der Waals surface area contributed by atoms with Crippen molar-refractivity contribution >= 4 is 0 Å². The summed E-state index contributed by atoms with van der Waals surface area (Å²) in [5, 5.41) is 9.42. The predicted molar refractivity (Wildman–Crippen MR) is 78.2 cm³/mol. The quantitative estimate of drug-likeness (QED) is 0.864. The van der Waals surface area contributed by atoms with Gasteiger partial charge in [-0.15, -0.1) is 0 Å². The second-order valence-corrected chi connectivity index (χ2v) is 6.26. The van der Waals surface area contributed by atoms with Gasteiger partial charge in [-0.3, -0.25) is 4.90 Å². The number of rotatable bonds is 2. The van der Waals surface area contributed by atoms with E-state index in [0.717, 1.165) is 12.0 Å². The third kappa shape index (κ3) is 2.64. The van der Waals surface area contributed by atoms with E-state index in [1.54, 1.807) is 0 Å². The number of benzene rings is 1. The van der Waals surface area contributed by atoms with E-state index in [-0.39, 0.29) is 0 Å². The molecule has 0 spiro atoms. The second-order valence-electron chi connectivity index (χ2n) is 6.26. The van der Waals surface area contributed by atoms with Gasteiger partial charge in [0.1, 0.15) is 5.75 Å². The predicted octanol–water partition coefficient (Wildman–Crippen LogP) is 4.11. The van der Waals surface area contributed by atoms with E-state index in [9.17, 15) is 5.11 Å². The highest BCUT2D eigenvalue weighted by Gasteiger charge is 2.35. The van der Waals surface area contributed by atoms with Crippen LogP contribution in [-0.2, 0) is 0 Å². The molecular weight excluding hydrogens is 234 g/mol. The van der Waals surface area contributed by atoms with Crippen LogP contribution in [0.25, 0.3) is 0 Å². The molecule has 1 aliphatic heterocycles. The molecule has 19 heavy (non-hydrogen) atoms. The highest BCUT2D eigenvalue weighted by atomic mass is 16.3. The summed E-state index contributed by atoms with van der Waals surface area (Å²) in [5.41, 5.74) is 1.34. The maximum Gasteiger partial charge on any atom is 0.115 e. The Hall–Kier alpha value is -1.02. The fraction of sp³-hybridized carbons (Fsp3) is 0.647. The number of nitrogens with zero attached hydrogens (tertiary/aromatic N) is 1. The number of phenolic OH excluding ortho intramolecular Hbond substituents is 1. The van der Waals surface area contributed by atoms with Crippen LogP contribution in [0.3, 0.4) is 0 Å². The van der Waals surface area contributed by atoms with E-state index in [4.69, 9.17) is 0 Å². The number of piperidine rings is 1. The van der Waals surface area contributed by atoms with Gasteiger partial charge >= 0.3 is 0 Å². The smallest absolute Gasteiger partial charge is 0.115 e. The van der Waals surface area contributed by atoms with Crippen molar-refractivity contribution in [2.24, 2.45) is 5.92 Å². The lowest BCUT2D eigenvalue weighted by Gasteiger charge is -2.47. The second kappa shape index (κ2) is 5.54. The summed E-state index contributed by atoms with van der Waals surface area (Å²) in [4.78, 5) is 2.72. The molecule has 0 aromatic heterocycles. The minimum Gasteiger partial charge on any atom is -0.508 e. The molecule has 3 atom stereocenters. The maximum absolute atomic E-state index is 9.42. The zero-order valence-electron chi connectivity index (χ0n) is 11.9. The fourth-order valence-electron chi connectivity index (χ4n) is 4.09. The third-order valence-corrected chi connectivity index (χ3v) is 5.16. The fourth-order valence-corrected chi connectivity index (χ4v) is 4.09. The Kier molecular flexibility index (Phi) is 3.79. The van der Waals surface area contributed by atoms with Crippen LogP contribution in [-0.4, -0.2) is 22.6 Å². The molecule has 1 N–H and O–H groups in total. The Labute approximate surface area is 116 Å². The molecule has 3 rings (SSSR count). The van der Waals surface area contributed by atoms with Gasteiger partial charge < -0.3 is 5.11 Å². The van der Waals surface area contributed by atoms with Crippen LogP contribution in [0.15, 0.2) is 24.3 Å². The average molecular weight is 259 g/mol. The maximum atomic E-state index is 9.42. The van der Waals surface area contributed by atoms with Gasteiger partial charge in [0.25, 0.3) is 0 Å². The number of hydrogen-bond donors (Lipinski definition) is 1. The molecule has 0 radical (unpaired) electrons. The molecular formula is C17H25NO. The van der Waals surface area contributed by atoms with Gasteiger partial charge in [-0.1, -0.05) is 25.0 Å². The molecule has 2 fully saturated rings. The highest BCUT2D eigenvalue weighted by Crippen LogP contribution is 2.39. The number of fused-ring (bicyclic) bond motifs is 1. The lowest BCUT2D eigenvalue weighted by molar-refractivity contribution is 0.0308. The molecule has 0 amide bonds. The van der Waals surface area contributed by atoms with Gasteiger partial charge in [0.05, 0.1) is 0 Å². The first-order valence-electron chi connectivity index (χ1n) is 7.80. The first-order chi connectivity index (χ1) is 9.25. The zero-order chi connectivity index (χ0) is 13.2. The summed E-state index contributed by atoms with van der Waals surface area (Å²) in [6.07, 6.45) is 8.44. The van der Waals surface area contributed by atoms with Gasteiger partial charge in [0.15, 0.2) is 0 Å². The van der Waals surface area contributed by atoms with Gasteiger partial charge in [-0.2, -0.15) is 0 Å². The normalized spacial score (nSPS) is 29.7. The summed E-state index contributed by atoms with van der Waals surface area (Å²) in [5.74, 6) is 1.30. The molecule has 1 aromatic carbocycles. The lowest BCUT2D eigenvalue weighted by atomic mass is 9.77. The Morgan fingerprint density at radius 1 is 1.05 bits per heavy atom. The molecule has 1 heterocycles. The monoisotopic (exact) mass is 259 g/mol. The van der Waals surface area contributed by atoms with Crippen LogP contribution < -0.4 is 0 Å². The van der Waals surface area contributed by atoms with E-state index in [0.29, 0.717) is 11.8 Å². The van der Waals surface area contributed by atoms with E-state index < -0.39 is 0 Å². The molecule has 3 unspecified atom stereocenters. The van der Waals surface area contributed by atoms with Gasteiger partial charge in [0, 0.05) is 12.1 Å². The summed E-state index contributed by atoms with van der Waals surface area (Å²) in [6, 6.07) is 9.05. The van der Waals surface area contributed by atoms with Crippen molar-refractivity contribution in [2.45, 2.75) is 57.5 Å². The molecule has 1 aromatic rings. The number of likely N-dealkylation sites (tertiary alicyclic amines) is 1. The Bertz CT molecular complexity index is 412. The topological polar surface area (TPSA) is 23.5 Å². The lowest BCUT2D eigenvalue weighted by Crippen LogP contribution is -2.47. The zero-order valence-corrected chi connectivity index (χ0v) is 11.9. The molecule has 104 valence electrons. The van der Waals surface area contributed by atoms with Crippen LogP contribution in [0.2, 0.25) is 0 Å². The molecule has 2 heteroatoms. The van der Waals surface area contributed by atoms with Crippen molar-refractivity contribution in [3.63, 3.8) is 0 Å².